The molecule has 6 aliphatic rings. The number of hydrogen-bond acceptors (Lipinski definition) is 37. The average molecular weight is 1350 g/mol. The van der Waals surface area contributed by atoms with Crippen LogP contribution in [0.4, 0.5) is 0 Å². The summed E-state index contributed by atoms with van der Waals surface area (Å²) in [6, 6.07) is -5.43. The van der Waals surface area contributed by atoms with Crippen LogP contribution in [0.1, 0.15) is 34.1 Å². The predicted octanol–water partition coefficient (Wildman–Crippen LogP) is -16.0. The first-order chi connectivity index (χ1) is 43.2. The summed E-state index contributed by atoms with van der Waals surface area (Å²) in [6.07, 6.45) is -65.6. The second-order valence-corrected chi connectivity index (χ2v) is 23.0. The number of aliphatic hydroxyl groups excluding tert-OH is 21. The Morgan fingerprint density at radius 1 is 0.511 bits per heavy atom. The molecule has 0 aliphatic carbocycles. The molecule has 6 saturated heterocycles. The zero-order chi connectivity index (χ0) is 68.7. The summed E-state index contributed by atoms with van der Waals surface area (Å²) in [5, 5.41) is 246. The number of hydrogen-bond donors (Lipinski definition) is 25. The standard InChI is InChI=1S/C51H87N3O38/c1-13-27(67)34(74)36(76)46(82-13)90-44-43(89-47-37(77)35(75)30(70)21(8-57)83-47)32(72)23(10-59)85-49(44)88-40-24(11-60)86-45(26(33(40)73)54-16(4)63)81-12-20(66)29(69)39(17(6-55)52-14(2)61)87-48-38(78)42(31(71)22(9-58)84-48)92-51(50(79)80)5-18(64)25(53-15(3)62)41(91-51)28(68)19(65)7-56/h13,17-49,55-60,64-78H,5-12H2,1-4H3,(H,52,61)(H,53,62)(H,54,63)(H,79,80)/t13-,17-,18-,19+,20+,21+,22+,23+,24+,25+,26+,27+,28+,29-,30-,31-,32-,33+,34+,35-,36-,37+,38+,39+,40+,41+,42-,43-,44+,45+,46-,47+,48-,49-,51-/m0/s1. The van der Waals surface area contributed by atoms with Gasteiger partial charge in [-0.25, -0.2) is 4.79 Å². The van der Waals surface area contributed by atoms with Gasteiger partial charge in [-0.2, -0.15) is 0 Å². The van der Waals surface area contributed by atoms with Gasteiger partial charge in [0.15, 0.2) is 31.5 Å². The third-order valence-electron chi connectivity index (χ3n) is 16.3. The number of ether oxygens (including phenoxy) is 12. The van der Waals surface area contributed by atoms with Gasteiger partial charge in [-0.05, 0) is 6.92 Å². The molecule has 0 unspecified atom stereocenters. The number of carbonyl (C=O) groups is 4. The Bertz CT molecular complexity index is 2340. The highest BCUT2D eigenvalue weighted by molar-refractivity contribution is 5.77. The van der Waals surface area contributed by atoms with Crippen molar-refractivity contribution in [3.8, 4) is 0 Å². The fourth-order valence-corrected chi connectivity index (χ4v) is 11.3. The van der Waals surface area contributed by atoms with E-state index >= 15 is 0 Å². The molecular formula is C51H87N3O38. The smallest absolute Gasteiger partial charge is 0.364 e. The highest BCUT2D eigenvalue weighted by Crippen LogP contribution is 2.40. The summed E-state index contributed by atoms with van der Waals surface area (Å²) in [7, 11) is 0. The Kier molecular flexibility index (Phi) is 28.4. The molecule has 0 spiro atoms. The van der Waals surface area contributed by atoms with Gasteiger partial charge in [-0.3, -0.25) is 14.4 Å². The van der Waals surface area contributed by atoms with Gasteiger partial charge >= 0.3 is 5.97 Å². The van der Waals surface area contributed by atoms with E-state index in [9.17, 15) is 132 Å². The van der Waals surface area contributed by atoms with E-state index in [0.717, 1.165) is 20.8 Å². The molecule has 0 saturated carbocycles. The quantitative estimate of drug-likeness (QED) is 0.0346. The van der Waals surface area contributed by atoms with Crippen LogP contribution < -0.4 is 16.0 Å². The Labute approximate surface area is 521 Å². The van der Waals surface area contributed by atoms with Gasteiger partial charge in [0.25, 0.3) is 5.79 Å². The van der Waals surface area contributed by atoms with Gasteiger partial charge in [0.05, 0.1) is 70.5 Å². The van der Waals surface area contributed by atoms with E-state index in [0.29, 0.717) is 0 Å². The lowest BCUT2D eigenvalue weighted by atomic mass is 9.88. The second-order valence-electron chi connectivity index (χ2n) is 23.0. The summed E-state index contributed by atoms with van der Waals surface area (Å²) in [6.45, 7) is -3.84. The Morgan fingerprint density at radius 3 is 1.55 bits per heavy atom. The molecule has 6 aliphatic heterocycles. The number of aliphatic hydroxyl groups is 21. The van der Waals surface area contributed by atoms with Crippen molar-refractivity contribution in [2.45, 2.75) is 248 Å². The summed E-state index contributed by atoms with van der Waals surface area (Å²) in [5.41, 5.74) is 0. The van der Waals surface area contributed by atoms with Gasteiger partial charge < -0.3 is 185 Å². The van der Waals surface area contributed by atoms with E-state index in [1.807, 2.05) is 0 Å². The van der Waals surface area contributed by atoms with Gasteiger partial charge in [-0.15, -0.1) is 0 Å². The fourth-order valence-electron chi connectivity index (χ4n) is 11.3. The predicted molar refractivity (Wildman–Crippen MR) is 285 cm³/mol. The largest absolute Gasteiger partial charge is 0.477 e. The van der Waals surface area contributed by atoms with Crippen LogP contribution in [0.5, 0.6) is 0 Å². The Hall–Kier alpha value is -3.44. The molecular weight excluding hydrogens is 1260 g/mol. The molecule has 6 heterocycles. The first-order valence-electron chi connectivity index (χ1n) is 29.0. The van der Waals surface area contributed by atoms with Crippen molar-refractivity contribution in [3.63, 3.8) is 0 Å². The van der Waals surface area contributed by atoms with Crippen LogP contribution in [0.15, 0.2) is 0 Å². The van der Waals surface area contributed by atoms with Crippen LogP contribution in [-0.4, -0.2) is 396 Å². The molecule has 0 bridgehead atoms. The molecule has 41 heteroatoms. The van der Waals surface area contributed by atoms with E-state index in [1.165, 1.54) is 6.92 Å². The zero-order valence-electron chi connectivity index (χ0n) is 49.7. The molecule has 35 atom stereocenters. The maximum absolute atomic E-state index is 13.1. The lowest BCUT2D eigenvalue weighted by molar-refractivity contribution is -0.402. The van der Waals surface area contributed by atoms with Crippen molar-refractivity contribution in [1.29, 1.82) is 0 Å². The van der Waals surface area contributed by atoms with Crippen LogP contribution in [0, 0.1) is 0 Å². The maximum atomic E-state index is 13.1. The number of carboxylic acid groups (broad SMARTS) is 1. The molecule has 534 valence electrons. The second kappa shape index (κ2) is 33.7. The summed E-state index contributed by atoms with van der Waals surface area (Å²) < 4.78 is 69.4. The van der Waals surface area contributed by atoms with Gasteiger partial charge in [0.2, 0.25) is 17.7 Å². The lowest BCUT2D eigenvalue weighted by Crippen LogP contribution is -2.70. The van der Waals surface area contributed by atoms with Crippen LogP contribution in [0.2, 0.25) is 0 Å². The Balaban J connectivity index is 1.27. The van der Waals surface area contributed by atoms with Crippen molar-refractivity contribution in [2.24, 2.45) is 0 Å². The molecule has 6 rings (SSSR count). The monoisotopic (exact) mass is 1350 g/mol. The van der Waals surface area contributed by atoms with Gasteiger partial charge in [0.1, 0.15) is 153 Å². The van der Waals surface area contributed by atoms with Crippen LogP contribution in [-0.2, 0) is 76.0 Å². The molecule has 25 N–H and O–H groups in total. The van der Waals surface area contributed by atoms with Gasteiger partial charge in [-0.1, -0.05) is 0 Å². The van der Waals surface area contributed by atoms with E-state index in [-0.39, 0.29) is 0 Å². The topological polar surface area (TPSA) is 660 Å². The number of nitrogens with one attached hydrogen (secondary N) is 3. The van der Waals surface area contributed by atoms with Crippen LogP contribution >= 0.6 is 0 Å². The average Bonchev–Trinajstić information content (AvgIpc) is 0.843. The number of rotatable bonds is 28. The molecule has 0 aromatic carbocycles. The van der Waals surface area contributed by atoms with Crippen LogP contribution in [0.25, 0.3) is 0 Å². The SMILES string of the molecule is CC(=O)N[C@H]1[C@H](OC[C@@H](O)[C@H](O)[C@H](O[C@@H]2O[C@H](CO)[C@H](O)[C@H](O[C@]3(C(=O)O)C[C@H](O)[C@@H](NC(C)=O)[C@H]([C@H](O)[C@H](O)CO)O3)[C@H]2O)[C@H](CO)NC(C)=O)O[C@H](CO)[C@@H](O[C@@H]2O[C@H](CO)[C@H](O)[C@H](O[C@H]3O[C@H](CO)[C@H](O)[C@H](O)[C@H]3O)[C@H]2O[C@@H]2O[C@@H](C)[C@@H](O)[C@@H](O)[C@@H]2O)[C@@H]1O. The molecule has 41 nitrogen and oxygen atoms in total. The van der Waals surface area contributed by atoms with Crippen molar-refractivity contribution in [2.75, 3.05) is 46.2 Å². The minimum absolute atomic E-state index is 0.855. The molecule has 3 amide bonds. The summed E-state index contributed by atoms with van der Waals surface area (Å²) >= 11 is 0. The lowest BCUT2D eigenvalue weighted by Gasteiger charge is -2.51. The molecule has 92 heavy (non-hydrogen) atoms. The Morgan fingerprint density at radius 2 is 1.01 bits per heavy atom. The minimum Gasteiger partial charge on any atom is -0.477 e. The third kappa shape index (κ3) is 17.4. The molecule has 0 aromatic rings. The first kappa shape index (κ1) is 77.6. The zero-order valence-corrected chi connectivity index (χ0v) is 49.7. The van der Waals surface area contributed by atoms with E-state index < -0.39 is 290 Å². The van der Waals surface area contributed by atoms with Crippen molar-refractivity contribution >= 4 is 23.7 Å². The molecule has 6 fully saturated rings. The normalized spacial score (nSPS) is 44.0. The minimum atomic E-state index is -3.26. The third-order valence-corrected chi connectivity index (χ3v) is 16.3. The van der Waals surface area contributed by atoms with E-state index in [1.54, 1.807) is 0 Å². The number of carboxylic acids is 1. The molecule has 0 radical (unpaired) electrons. The number of carbonyl (C=O) groups excluding carboxylic acids is 3. The van der Waals surface area contributed by atoms with Crippen molar-refractivity contribution < 1.29 is 188 Å². The van der Waals surface area contributed by atoms with Crippen LogP contribution in [0.3, 0.4) is 0 Å². The highest BCUT2D eigenvalue weighted by Gasteiger charge is 2.61. The van der Waals surface area contributed by atoms with Gasteiger partial charge in [0, 0.05) is 27.2 Å². The van der Waals surface area contributed by atoms with Crippen molar-refractivity contribution in [3.05, 3.63) is 0 Å². The maximum Gasteiger partial charge on any atom is 0.364 e. The van der Waals surface area contributed by atoms with E-state index in [4.69, 9.17) is 56.8 Å². The first-order valence-corrected chi connectivity index (χ1v) is 29.0. The highest BCUT2D eigenvalue weighted by atomic mass is 16.8. The van der Waals surface area contributed by atoms with Crippen molar-refractivity contribution in [1.82, 2.24) is 16.0 Å². The summed E-state index contributed by atoms with van der Waals surface area (Å²) in [5.74, 6) is -8.10. The number of aliphatic carboxylic acids is 1. The van der Waals surface area contributed by atoms with E-state index in [2.05, 4.69) is 16.0 Å². The fraction of sp³-hybridized carbons (Fsp3) is 0.922. The summed E-state index contributed by atoms with van der Waals surface area (Å²) in [4.78, 5) is 50.5. The molecule has 0 aromatic heterocycles. The number of amides is 3.